The van der Waals surface area contributed by atoms with Crippen molar-refractivity contribution in [3.8, 4) is 0 Å². The zero-order valence-electron chi connectivity index (χ0n) is 9.71. The van der Waals surface area contributed by atoms with Crippen LogP contribution in [0.2, 0.25) is 0 Å². The van der Waals surface area contributed by atoms with Crippen molar-refractivity contribution in [3.05, 3.63) is 0 Å². The summed E-state index contributed by atoms with van der Waals surface area (Å²) in [5.74, 6) is -0.543. The highest BCUT2D eigenvalue weighted by Crippen LogP contribution is 2.18. The number of ether oxygens (including phenoxy) is 1. The van der Waals surface area contributed by atoms with Crippen LogP contribution in [0.4, 0.5) is 0 Å². The van der Waals surface area contributed by atoms with Crippen LogP contribution in [0.25, 0.3) is 0 Å². The van der Waals surface area contributed by atoms with Crippen LogP contribution >= 0.6 is 34.8 Å². The van der Waals surface area contributed by atoms with Gasteiger partial charge in [-0.15, -0.1) is 34.8 Å². The Kier molecular flexibility index (Phi) is 8.74. The number of esters is 1. The number of nitrogens with one attached hydrogen (secondary N) is 1. The van der Waals surface area contributed by atoms with Gasteiger partial charge in [-0.2, -0.15) is 0 Å². The molecule has 0 aromatic rings. The highest BCUT2D eigenvalue weighted by Gasteiger charge is 2.32. The van der Waals surface area contributed by atoms with E-state index in [1.807, 2.05) is 0 Å². The Morgan fingerprint density at radius 2 is 1.94 bits per heavy atom. The van der Waals surface area contributed by atoms with Gasteiger partial charge in [-0.3, -0.25) is 9.59 Å². The average molecular weight is 305 g/mol. The maximum Gasteiger partial charge on any atom is 0.325 e. The molecule has 0 rings (SSSR count). The summed E-state index contributed by atoms with van der Waals surface area (Å²) in [5, 5.41) is 0.829. The molecule has 3 atom stereocenters. The number of alkyl halides is 3. The number of carbonyl (C=O) groups is 2. The van der Waals surface area contributed by atoms with Crippen molar-refractivity contribution in [3.63, 3.8) is 0 Å². The molecular formula is C10H16Cl3NO3. The van der Waals surface area contributed by atoms with Gasteiger partial charge in [0.15, 0.2) is 0 Å². The fraction of sp³-hybridized carbons (Fsp3) is 0.800. The van der Waals surface area contributed by atoms with Crippen LogP contribution in [0, 0.1) is 0 Å². The molecule has 3 unspecified atom stereocenters. The normalized spacial score (nSPS) is 15.8. The number of carbonyl (C=O) groups excluding carboxylic acids is 2. The van der Waals surface area contributed by atoms with E-state index in [9.17, 15) is 9.59 Å². The van der Waals surface area contributed by atoms with Gasteiger partial charge in [-0.1, -0.05) is 0 Å². The summed E-state index contributed by atoms with van der Waals surface area (Å²) >= 11 is 17.5. The van der Waals surface area contributed by atoms with Crippen LogP contribution in [-0.2, 0) is 14.3 Å². The van der Waals surface area contributed by atoms with E-state index in [0.29, 0.717) is 12.3 Å². The van der Waals surface area contributed by atoms with Gasteiger partial charge in [0.2, 0.25) is 5.91 Å². The predicted octanol–water partition coefficient (Wildman–Crippen LogP) is 1.90. The Morgan fingerprint density at radius 3 is 2.35 bits per heavy atom. The van der Waals surface area contributed by atoms with Crippen LogP contribution in [0.3, 0.4) is 0 Å². The molecule has 17 heavy (non-hydrogen) atoms. The number of hydrogen-bond acceptors (Lipinski definition) is 3. The van der Waals surface area contributed by atoms with E-state index in [2.05, 4.69) is 5.32 Å². The third kappa shape index (κ3) is 6.34. The molecule has 100 valence electrons. The fourth-order valence-corrected chi connectivity index (χ4v) is 2.01. The molecule has 0 aromatic heterocycles. The lowest BCUT2D eigenvalue weighted by molar-refractivity contribution is -0.143. The SMILES string of the molecule is CCOC(=O)C(Cl)C(Cl)C(CCCl)NC(C)=O. The minimum absolute atomic E-state index is 0.228. The van der Waals surface area contributed by atoms with Gasteiger partial charge in [-0.25, -0.2) is 0 Å². The first-order chi connectivity index (χ1) is 7.93. The first kappa shape index (κ1) is 16.8. The molecule has 4 nitrogen and oxygen atoms in total. The minimum atomic E-state index is -1.02. The summed E-state index contributed by atoms with van der Waals surface area (Å²) < 4.78 is 4.76. The van der Waals surface area contributed by atoms with Gasteiger partial charge in [-0.05, 0) is 13.3 Å². The van der Waals surface area contributed by atoms with Crippen LogP contribution in [-0.4, -0.2) is 41.2 Å². The molecule has 1 amide bonds. The zero-order chi connectivity index (χ0) is 13.4. The largest absolute Gasteiger partial charge is 0.465 e. The minimum Gasteiger partial charge on any atom is -0.465 e. The van der Waals surface area contributed by atoms with Crippen LogP contribution in [0.5, 0.6) is 0 Å². The first-order valence-electron chi connectivity index (χ1n) is 5.21. The van der Waals surface area contributed by atoms with E-state index in [4.69, 9.17) is 39.5 Å². The quantitative estimate of drug-likeness (QED) is 0.577. The molecule has 1 N–H and O–H groups in total. The predicted molar refractivity (Wildman–Crippen MR) is 68.9 cm³/mol. The van der Waals surface area contributed by atoms with Crippen molar-refractivity contribution in [2.24, 2.45) is 0 Å². The lowest BCUT2D eigenvalue weighted by Crippen LogP contribution is -2.46. The Balaban J connectivity index is 4.52. The Hall–Kier alpha value is -0.190. The first-order valence-corrected chi connectivity index (χ1v) is 6.62. The third-order valence-corrected chi connectivity index (χ3v) is 3.34. The summed E-state index contributed by atoms with van der Waals surface area (Å²) in [6, 6.07) is -0.460. The van der Waals surface area contributed by atoms with Gasteiger partial charge in [0, 0.05) is 18.8 Å². The summed E-state index contributed by atoms with van der Waals surface area (Å²) in [7, 11) is 0. The topological polar surface area (TPSA) is 55.4 Å². The van der Waals surface area contributed by atoms with Crippen molar-refractivity contribution in [2.45, 2.75) is 37.1 Å². The molecule has 0 heterocycles. The Morgan fingerprint density at radius 1 is 1.35 bits per heavy atom. The molecule has 0 aliphatic carbocycles. The van der Waals surface area contributed by atoms with Gasteiger partial charge in [0.25, 0.3) is 0 Å². The fourth-order valence-electron chi connectivity index (χ4n) is 1.25. The van der Waals surface area contributed by atoms with E-state index in [0.717, 1.165) is 0 Å². The van der Waals surface area contributed by atoms with Gasteiger partial charge < -0.3 is 10.1 Å². The number of hydrogen-bond donors (Lipinski definition) is 1. The molecule has 0 aromatic carbocycles. The highest BCUT2D eigenvalue weighted by molar-refractivity contribution is 6.37. The van der Waals surface area contributed by atoms with E-state index in [-0.39, 0.29) is 12.5 Å². The van der Waals surface area contributed by atoms with Gasteiger partial charge >= 0.3 is 5.97 Å². The molecule has 0 aliphatic rings. The lowest BCUT2D eigenvalue weighted by atomic mass is 10.1. The van der Waals surface area contributed by atoms with Crippen molar-refractivity contribution in [1.82, 2.24) is 5.32 Å². The number of halogens is 3. The summed E-state index contributed by atoms with van der Waals surface area (Å²) in [4.78, 5) is 22.4. The van der Waals surface area contributed by atoms with Gasteiger partial charge in [0.05, 0.1) is 12.0 Å². The second-order valence-electron chi connectivity index (χ2n) is 3.38. The second kappa shape index (κ2) is 8.84. The van der Waals surface area contributed by atoms with E-state index < -0.39 is 22.8 Å². The van der Waals surface area contributed by atoms with Gasteiger partial charge in [0.1, 0.15) is 5.38 Å². The molecule has 0 fully saturated rings. The molecule has 7 heteroatoms. The molecule has 0 saturated carbocycles. The highest BCUT2D eigenvalue weighted by atomic mass is 35.5. The number of rotatable bonds is 7. The number of amides is 1. The molecule has 0 saturated heterocycles. The standard InChI is InChI=1S/C10H16Cl3NO3/c1-3-17-10(16)9(13)8(12)7(4-5-11)14-6(2)15/h7-9H,3-5H2,1-2H3,(H,14,15). The Bertz CT molecular complexity index is 263. The second-order valence-corrected chi connectivity index (χ2v) is 4.74. The zero-order valence-corrected chi connectivity index (χ0v) is 12.0. The summed E-state index contributed by atoms with van der Waals surface area (Å²) in [6.07, 6.45) is 0.428. The van der Waals surface area contributed by atoms with E-state index in [1.54, 1.807) is 6.92 Å². The maximum absolute atomic E-state index is 11.4. The van der Waals surface area contributed by atoms with Crippen LogP contribution in [0.15, 0.2) is 0 Å². The molecule has 0 aliphatic heterocycles. The smallest absolute Gasteiger partial charge is 0.325 e. The van der Waals surface area contributed by atoms with Crippen molar-refractivity contribution >= 4 is 46.7 Å². The van der Waals surface area contributed by atoms with Crippen molar-refractivity contribution < 1.29 is 14.3 Å². The Labute approximate surface area is 116 Å². The molecular weight excluding hydrogens is 288 g/mol. The lowest BCUT2D eigenvalue weighted by Gasteiger charge is -2.24. The molecule has 0 radical (unpaired) electrons. The monoisotopic (exact) mass is 303 g/mol. The van der Waals surface area contributed by atoms with E-state index >= 15 is 0 Å². The average Bonchev–Trinajstić information content (AvgIpc) is 2.26. The summed E-state index contributed by atoms with van der Waals surface area (Å²) in [5.41, 5.74) is 0. The van der Waals surface area contributed by atoms with Crippen LogP contribution in [0.1, 0.15) is 20.3 Å². The maximum atomic E-state index is 11.4. The molecule has 0 spiro atoms. The molecule has 0 bridgehead atoms. The van der Waals surface area contributed by atoms with Crippen LogP contribution < -0.4 is 5.32 Å². The van der Waals surface area contributed by atoms with E-state index in [1.165, 1.54) is 6.92 Å². The van der Waals surface area contributed by atoms with Crippen molar-refractivity contribution in [1.29, 1.82) is 0 Å². The van der Waals surface area contributed by atoms with Crippen molar-refractivity contribution in [2.75, 3.05) is 12.5 Å². The third-order valence-electron chi connectivity index (χ3n) is 1.98. The summed E-state index contributed by atoms with van der Waals surface area (Å²) in [6.45, 7) is 3.26.